The van der Waals surface area contributed by atoms with Crippen LogP contribution in [0.5, 0.6) is 0 Å². The third kappa shape index (κ3) is 13.9. The molecule has 0 spiro atoms. The van der Waals surface area contributed by atoms with Gasteiger partial charge in [-0.3, -0.25) is 33.8 Å². The van der Waals surface area contributed by atoms with Crippen LogP contribution in [0.3, 0.4) is 0 Å². The van der Waals surface area contributed by atoms with Gasteiger partial charge in [0.25, 0.3) is 0 Å². The first-order chi connectivity index (χ1) is 15.3. The smallest absolute Gasteiger partial charge is 0.322 e. The largest absolute Gasteiger partial charge is 0.481 e. The van der Waals surface area contributed by atoms with Gasteiger partial charge >= 0.3 is 11.9 Å². The van der Waals surface area contributed by atoms with Crippen molar-refractivity contribution in [3.63, 3.8) is 0 Å². The third-order valence-corrected chi connectivity index (χ3v) is 4.04. The lowest BCUT2D eigenvalue weighted by atomic mass is 10.1. The van der Waals surface area contributed by atoms with E-state index >= 15 is 0 Å². The molecule has 0 aromatic carbocycles. The minimum atomic E-state index is -1.61. The van der Waals surface area contributed by atoms with Crippen molar-refractivity contribution in [1.82, 2.24) is 16.0 Å². The Bertz CT molecular complexity index is 768. The summed E-state index contributed by atoms with van der Waals surface area (Å²) in [5.41, 5.74) is 21.0. The molecule has 13 N–H and O–H groups in total. The van der Waals surface area contributed by atoms with Crippen LogP contribution >= 0.6 is 0 Å². The number of nitrogens with two attached hydrogens (primary N) is 4. The van der Waals surface area contributed by atoms with Gasteiger partial charge in [0.05, 0.1) is 12.5 Å². The van der Waals surface area contributed by atoms with Crippen LogP contribution in [0.4, 0.5) is 0 Å². The van der Waals surface area contributed by atoms with E-state index < -0.39 is 66.7 Å². The maximum absolute atomic E-state index is 12.6. The molecule has 3 atom stereocenters. The van der Waals surface area contributed by atoms with Crippen molar-refractivity contribution in [3.8, 4) is 0 Å². The Morgan fingerprint density at radius 3 is 1.94 bits per heavy atom. The average Bonchev–Trinajstić information content (AvgIpc) is 2.70. The van der Waals surface area contributed by atoms with Crippen molar-refractivity contribution in [2.45, 2.75) is 50.2 Å². The number of hydrogen-bond donors (Lipinski definition) is 9. The summed E-state index contributed by atoms with van der Waals surface area (Å²) in [6, 6.07) is -4.12. The van der Waals surface area contributed by atoms with E-state index in [2.05, 4.69) is 20.9 Å². The first kappa shape index (κ1) is 29.1. The second-order valence-electron chi connectivity index (χ2n) is 6.89. The fraction of sp³-hybridized carbons (Fsp3) is 0.588. The van der Waals surface area contributed by atoms with Gasteiger partial charge in [0.1, 0.15) is 18.6 Å². The van der Waals surface area contributed by atoms with Gasteiger partial charge in [0.15, 0.2) is 5.96 Å². The second kappa shape index (κ2) is 15.0. The van der Waals surface area contributed by atoms with Crippen molar-refractivity contribution in [3.05, 3.63) is 0 Å². The summed E-state index contributed by atoms with van der Waals surface area (Å²) in [6.45, 7) is -0.617. The Morgan fingerprint density at radius 2 is 1.42 bits per heavy atom. The topological polar surface area (TPSA) is 295 Å². The first-order valence-electron chi connectivity index (χ1n) is 9.74. The number of nitrogens with one attached hydrogen (secondary N) is 3. The highest BCUT2D eigenvalue weighted by Crippen LogP contribution is 2.03. The molecule has 0 radical (unpaired) electrons. The van der Waals surface area contributed by atoms with Crippen LogP contribution < -0.4 is 38.9 Å². The van der Waals surface area contributed by atoms with E-state index in [0.29, 0.717) is 0 Å². The number of carboxylic acid groups (broad SMARTS) is 2. The summed E-state index contributed by atoms with van der Waals surface area (Å²) in [5, 5.41) is 24.3. The number of nitrogens with zero attached hydrogens (tertiary/aromatic N) is 1. The third-order valence-electron chi connectivity index (χ3n) is 4.04. The Balaban J connectivity index is 5.32. The van der Waals surface area contributed by atoms with E-state index in [9.17, 15) is 28.8 Å². The van der Waals surface area contributed by atoms with Gasteiger partial charge in [-0.1, -0.05) is 0 Å². The zero-order chi connectivity index (χ0) is 25.6. The molecule has 0 saturated carbocycles. The van der Waals surface area contributed by atoms with Crippen LogP contribution in [0.2, 0.25) is 0 Å². The number of carbonyl (C=O) groups is 6. The van der Waals surface area contributed by atoms with Crippen LogP contribution in [0.25, 0.3) is 0 Å². The van der Waals surface area contributed by atoms with Crippen LogP contribution in [0.1, 0.15) is 32.1 Å². The molecule has 16 nitrogen and oxygen atoms in total. The van der Waals surface area contributed by atoms with E-state index in [-0.39, 0.29) is 38.2 Å². The summed E-state index contributed by atoms with van der Waals surface area (Å²) in [7, 11) is 0. The predicted molar refractivity (Wildman–Crippen MR) is 113 cm³/mol. The maximum Gasteiger partial charge on any atom is 0.322 e. The molecule has 0 aliphatic rings. The van der Waals surface area contributed by atoms with E-state index in [4.69, 9.17) is 33.1 Å². The molecule has 0 rings (SSSR count). The molecule has 0 aliphatic heterocycles. The van der Waals surface area contributed by atoms with Crippen LogP contribution in [0.15, 0.2) is 4.99 Å². The monoisotopic (exact) mass is 474 g/mol. The number of amides is 4. The molecule has 0 aromatic heterocycles. The number of carbonyl (C=O) groups excluding carboxylic acids is 4. The lowest BCUT2D eigenvalue weighted by molar-refractivity contribution is -0.141. The highest BCUT2D eigenvalue weighted by atomic mass is 16.4. The minimum absolute atomic E-state index is 0.0279. The van der Waals surface area contributed by atoms with E-state index in [1.54, 1.807) is 0 Å². The number of rotatable bonds is 16. The molecule has 186 valence electrons. The van der Waals surface area contributed by atoms with Gasteiger partial charge in [-0.25, -0.2) is 0 Å². The first-order valence-corrected chi connectivity index (χ1v) is 9.74. The Morgan fingerprint density at radius 1 is 0.818 bits per heavy atom. The van der Waals surface area contributed by atoms with Gasteiger partial charge in [0.2, 0.25) is 23.6 Å². The van der Waals surface area contributed by atoms with Gasteiger partial charge in [-0.05, 0) is 19.3 Å². The highest BCUT2D eigenvalue weighted by Gasteiger charge is 2.29. The standard InChI is InChI=1S/C17H30N8O8/c18-8(3-4-11(19)26)14(31)25-10(6-12(27)28)16(33)24-9(2-1-5-22-17(20)21)15(32)23-7-13(29)30/h8-10H,1-7,18H2,(H2,19,26)(H,23,32)(H,24,33)(H,25,31)(H,27,28)(H,29,30)(H4,20,21,22). The molecule has 33 heavy (non-hydrogen) atoms. The number of primary amides is 1. The van der Waals surface area contributed by atoms with Crippen molar-refractivity contribution in [2.24, 2.45) is 27.9 Å². The summed E-state index contributed by atoms with van der Waals surface area (Å²) in [6.07, 6.45) is -0.992. The van der Waals surface area contributed by atoms with Crippen molar-refractivity contribution >= 4 is 41.5 Å². The number of aliphatic carboxylic acids is 2. The van der Waals surface area contributed by atoms with E-state index in [1.807, 2.05) is 0 Å². The molecular weight excluding hydrogens is 444 g/mol. The van der Waals surface area contributed by atoms with E-state index in [1.165, 1.54) is 0 Å². The Hall–Kier alpha value is -3.95. The molecule has 0 aromatic rings. The fourth-order valence-electron chi connectivity index (χ4n) is 2.42. The number of hydrogen-bond acceptors (Lipinski definition) is 8. The molecule has 0 heterocycles. The van der Waals surface area contributed by atoms with Gasteiger partial charge in [-0.15, -0.1) is 0 Å². The highest BCUT2D eigenvalue weighted by molar-refractivity contribution is 5.95. The number of guanidine groups is 1. The quantitative estimate of drug-likeness (QED) is 0.0581. The number of aliphatic imine (C=N–C) groups is 1. The Labute approximate surface area is 188 Å². The van der Waals surface area contributed by atoms with Crippen LogP contribution in [-0.2, 0) is 28.8 Å². The number of carboxylic acids is 2. The average molecular weight is 474 g/mol. The van der Waals surface area contributed by atoms with Gasteiger partial charge in [-0.2, -0.15) is 0 Å². The van der Waals surface area contributed by atoms with Crippen molar-refractivity contribution in [1.29, 1.82) is 0 Å². The van der Waals surface area contributed by atoms with E-state index in [0.717, 1.165) is 0 Å². The molecule has 3 unspecified atom stereocenters. The summed E-state index contributed by atoms with van der Waals surface area (Å²) in [4.78, 5) is 73.5. The molecule has 0 aliphatic carbocycles. The lowest BCUT2D eigenvalue weighted by Gasteiger charge is -2.23. The Kier molecular flexibility index (Phi) is 13.2. The molecular formula is C17H30N8O8. The summed E-state index contributed by atoms with van der Waals surface area (Å²) >= 11 is 0. The maximum atomic E-state index is 12.6. The van der Waals surface area contributed by atoms with Crippen molar-refractivity contribution < 1.29 is 39.0 Å². The van der Waals surface area contributed by atoms with Crippen LogP contribution in [0, 0.1) is 0 Å². The molecule has 0 saturated heterocycles. The van der Waals surface area contributed by atoms with Gasteiger partial charge in [0, 0.05) is 13.0 Å². The lowest BCUT2D eigenvalue weighted by Crippen LogP contribution is -2.56. The molecule has 4 amide bonds. The SMILES string of the molecule is NC(=O)CCC(N)C(=O)NC(CC(=O)O)C(=O)NC(CCCN=C(N)N)C(=O)NCC(=O)O. The predicted octanol–water partition coefficient (Wildman–Crippen LogP) is -4.72. The minimum Gasteiger partial charge on any atom is -0.481 e. The fourth-order valence-corrected chi connectivity index (χ4v) is 2.42. The molecule has 0 bridgehead atoms. The van der Waals surface area contributed by atoms with Crippen LogP contribution in [-0.4, -0.2) is 83.0 Å². The second-order valence-corrected chi connectivity index (χ2v) is 6.89. The van der Waals surface area contributed by atoms with Crippen molar-refractivity contribution in [2.75, 3.05) is 13.1 Å². The molecule has 16 heteroatoms. The molecule has 0 fully saturated rings. The van der Waals surface area contributed by atoms with Gasteiger partial charge < -0.3 is 49.1 Å². The summed E-state index contributed by atoms with van der Waals surface area (Å²) < 4.78 is 0. The zero-order valence-electron chi connectivity index (χ0n) is 17.8. The normalized spacial score (nSPS) is 13.0. The summed E-state index contributed by atoms with van der Waals surface area (Å²) in [5.74, 6) is -6.43. The zero-order valence-corrected chi connectivity index (χ0v) is 17.8.